The van der Waals surface area contributed by atoms with Crippen molar-refractivity contribution >= 4 is 23.4 Å². The summed E-state index contributed by atoms with van der Waals surface area (Å²) in [6.07, 6.45) is 1.84. The number of aliphatic hydroxyl groups is 3. The van der Waals surface area contributed by atoms with E-state index in [1.807, 2.05) is 6.26 Å². The number of hydrogen-bond donors (Lipinski definition) is 5. The number of anilines is 2. The van der Waals surface area contributed by atoms with E-state index in [0.717, 1.165) is 0 Å². The molecule has 0 aliphatic rings. The minimum atomic E-state index is -1.20. The Morgan fingerprint density at radius 3 is 2.17 bits per heavy atom. The fraction of sp³-hybridized carbons (Fsp3) is 0.600. The number of aromatic nitrogens is 2. The van der Waals surface area contributed by atoms with E-state index in [0.29, 0.717) is 16.8 Å². The van der Waals surface area contributed by atoms with Crippen molar-refractivity contribution in [3.05, 3.63) is 6.07 Å². The Morgan fingerprint density at radius 2 is 1.72 bits per heavy atom. The quantitative estimate of drug-likeness (QED) is 0.330. The van der Waals surface area contributed by atoms with Crippen LogP contribution in [0.25, 0.3) is 0 Å². The molecule has 1 rings (SSSR count). The van der Waals surface area contributed by atoms with Gasteiger partial charge in [0.25, 0.3) is 0 Å². The summed E-state index contributed by atoms with van der Waals surface area (Å²) in [5, 5.41) is 34.0. The minimum absolute atomic E-state index is 0.409. The van der Waals surface area contributed by atoms with Crippen molar-refractivity contribution in [2.24, 2.45) is 0 Å². The lowest BCUT2D eigenvalue weighted by atomic mass is 10.0. The van der Waals surface area contributed by atoms with Crippen LogP contribution in [0, 0.1) is 0 Å². The van der Waals surface area contributed by atoms with Crippen LogP contribution in [-0.2, 0) is 0 Å². The normalized spacial score (nSPS) is 11.4. The molecule has 0 aromatic carbocycles. The van der Waals surface area contributed by atoms with Gasteiger partial charge in [0.2, 0.25) is 0 Å². The number of thioether (sulfide) groups is 1. The van der Waals surface area contributed by atoms with E-state index in [4.69, 9.17) is 0 Å². The van der Waals surface area contributed by atoms with Crippen molar-refractivity contribution < 1.29 is 15.3 Å². The van der Waals surface area contributed by atoms with Gasteiger partial charge in [-0.1, -0.05) is 11.8 Å². The van der Waals surface area contributed by atoms with Crippen LogP contribution in [0.15, 0.2) is 11.2 Å². The van der Waals surface area contributed by atoms with E-state index in [1.54, 1.807) is 13.1 Å². The van der Waals surface area contributed by atoms with Gasteiger partial charge in [-0.15, -0.1) is 0 Å². The Kier molecular flexibility index (Phi) is 5.60. The molecule has 0 aliphatic heterocycles. The summed E-state index contributed by atoms with van der Waals surface area (Å²) >= 11 is 1.37. The second-order valence-corrected chi connectivity index (χ2v) is 4.53. The van der Waals surface area contributed by atoms with Crippen LogP contribution < -0.4 is 10.6 Å². The zero-order valence-corrected chi connectivity index (χ0v) is 11.2. The van der Waals surface area contributed by atoms with E-state index in [1.165, 1.54) is 11.8 Å². The Labute approximate surface area is 110 Å². The highest BCUT2D eigenvalue weighted by Gasteiger charge is 2.28. The van der Waals surface area contributed by atoms with Gasteiger partial charge in [-0.3, -0.25) is 0 Å². The molecule has 102 valence electrons. The van der Waals surface area contributed by atoms with E-state index >= 15 is 0 Å². The van der Waals surface area contributed by atoms with Gasteiger partial charge >= 0.3 is 0 Å². The van der Waals surface area contributed by atoms with Crippen LogP contribution in [0.5, 0.6) is 0 Å². The second kappa shape index (κ2) is 6.74. The first-order valence-corrected chi connectivity index (χ1v) is 6.57. The molecule has 0 spiro atoms. The standard InChI is InChI=1S/C10H18N4O3S/c1-11-7-3-8(13-9(12-7)18-2)14-10(4-15,5-16)6-17/h3,15-17H,4-6H2,1-2H3,(H2,11,12,13,14). The van der Waals surface area contributed by atoms with E-state index in [9.17, 15) is 15.3 Å². The van der Waals surface area contributed by atoms with Crippen molar-refractivity contribution in [3.8, 4) is 0 Å². The highest BCUT2D eigenvalue weighted by atomic mass is 32.2. The van der Waals surface area contributed by atoms with Gasteiger partial charge in [-0.25, -0.2) is 9.97 Å². The summed E-state index contributed by atoms with van der Waals surface area (Å²) < 4.78 is 0. The van der Waals surface area contributed by atoms with Gasteiger partial charge in [-0.2, -0.15) is 0 Å². The van der Waals surface area contributed by atoms with Crippen molar-refractivity contribution in [1.29, 1.82) is 0 Å². The predicted octanol–water partition coefficient (Wildman–Crippen LogP) is -0.632. The Bertz CT molecular complexity index is 357. The van der Waals surface area contributed by atoms with Gasteiger partial charge in [0.05, 0.1) is 19.8 Å². The van der Waals surface area contributed by atoms with Gasteiger partial charge in [-0.05, 0) is 6.26 Å². The molecule has 0 saturated carbocycles. The van der Waals surface area contributed by atoms with Gasteiger partial charge in [0, 0.05) is 13.1 Å². The molecular formula is C10H18N4O3S. The van der Waals surface area contributed by atoms with Gasteiger partial charge in [0.15, 0.2) is 5.16 Å². The summed E-state index contributed by atoms with van der Waals surface area (Å²) in [5.41, 5.74) is -1.20. The number of aliphatic hydroxyl groups excluding tert-OH is 3. The van der Waals surface area contributed by atoms with E-state index in [-0.39, 0.29) is 0 Å². The topological polar surface area (TPSA) is 111 Å². The van der Waals surface area contributed by atoms with E-state index < -0.39 is 25.4 Å². The second-order valence-electron chi connectivity index (χ2n) is 3.75. The average Bonchev–Trinajstić information content (AvgIpc) is 2.44. The van der Waals surface area contributed by atoms with Crippen LogP contribution >= 0.6 is 11.8 Å². The summed E-state index contributed by atoms with van der Waals surface area (Å²) in [6.45, 7) is -1.23. The smallest absolute Gasteiger partial charge is 0.191 e. The molecule has 8 heteroatoms. The van der Waals surface area contributed by atoms with Crippen LogP contribution in [0.4, 0.5) is 11.6 Å². The molecule has 1 aromatic rings. The number of hydrogen-bond acceptors (Lipinski definition) is 8. The maximum atomic E-state index is 9.24. The maximum Gasteiger partial charge on any atom is 0.191 e. The molecule has 0 aliphatic carbocycles. The average molecular weight is 274 g/mol. The molecule has 7 nitrogen and oxygen atoms in total. The molecule has 0 amide bonds. The third kappa shape index (κ3) is 3.45. The highest BCUT2D eigenvalue weighted by molar-refractivity contribution is 7.98. The van der Waals surface area contributed by atoms with Gasteiger partial charge in [0.1, 0.15) is 17.2 Å². The molecular weight excluding hydrogens is 256 g/mol. The zero-order chi connectivity index (χ0) is 13.6. The van der Waals surface area contributed by atoms with E-state index in [2.05, 4.69) is 20.6 Å². The molecule has 1 aromatic heterocycles. The molecule has 0 unspecified atom stereocenters. The lowest BCUT2D eigenvalue weighted by Gasteiger charge is -2.29. The highest BCUT2D eigenvalue weighted by Crippen LogP contribution is 2.20. The summed E-state index contributed by atoms with van der Waals surface area (Å²) in [4.78, 5) is 8.39. The number of nitrogens with zero attached hydrogens (tertiary/aromatic N) is 2. The van der Waals surface area contributed by atoms with Crippen LogP contribution in [0.1, 0.15) is 0 Å². The summed E-state index contributed by atoms with van der Waals surface area (Å²) in [6, 6.07) is 1.63. The molecule has 1 heterocycles. The molecule has 5 N–H and O–H groups in total. The third-order valence-electron chi connectivity index (χ3n) is 2.45. The van der Waals surface area contributed by atoms with Gasteiger partial charge < -0.3 is 26.0 Å². The zero-order valence-electron chi connectivity index (χ0n) is 10.3. The molecule has 0 saturated heterocycles. The first-order chi connectivity index (χ1) is 8.62. The third-order valence-corrected chi connectivity index (χ3v) is 2.99. The van der Waals surface area contributed by atoms with Crippen molar-refractivity contribution in [3.63, 3.8) is 0 Å². The lowest BCUT2D eigenvalue weighted by molar-refractivity contribution is 0.0830. The SMILES string of the molecule is CNc1cc(NC(CO)(CO)CO)nc(SC)n1. The molecule has 0 bridgehead atoms. The number of rotatable bonds is 7. The van der Waals surface area contributed by atoms with Crippen molar-refractivity contribution in [1.82, 2.24) is 9.97 Å². The summed E-state index contributed by atoms with van der Waals surface area (Å²) in [7, 11) is 1.73. The Morgan fingerprint density at radius 1 is 1.17 bits per heavy atom. The first-order valence-electron chi connectivity index (χ1n) is 5.34. The molecule has 0 atom stereocenters. The minimum Gasteiger partial charge on any atom is -0.394 e. The van der Waals surface area contributed by atoms with Crippen LogP contribution in [-0.4, -0.2) is 64.0 Å². The van der Waals surface area contributed by atoms with Crippen LogP contribution in [0.2, 0.25) is 0 Å². The Hall–Kier alpha value is -1.09. The maximum absolute atomic E-state index is 9.24. The molecule has 18 heavy (non-hydrogen) atoms. The fourth-order valence-electron chi connectivity index (χ4n) is 1.25. The summed E-state index contributed by atoms with van der Waals surface area (Å²) in [5.74, 6) is 1.04. The molecule has 0 radical (unpaired) electrons. The largest absolute Gasteiger partial charge is 0.394 e. The monoisotopic (exact) mass is 274 g/mol. The van der Waals surface area contributed by atoms with Crippen molar-refractivity contribution in [2.45, 2.75) is 10.7 Å². The number of nitrogens with one attached hydrogen (secondary N) is 2. The van der Waals surface area contributed by atoms with Crippen LogP contribution in [0.3, 0.4) is 0 Å². The van der Waals surface area contributed by atoms with Crippen molar-refractivity contribution in [2.75, 3.05) is 43.8 Å². The Balaban J connectivity index is 3.01. The lowest BCUT2D eigenvalue weighted by Crippen LogP contribution is -2.49. The first kappa shape index (κ1) is 15.0. The fourth-order valence-corrected chi connectivity index (χ4v) is 1.63. The predicted molar refractivity (Wildman–Crippen MR) is 71.0 cm³/mol. The molecule has 0 fully saturated rings.